The minimum atomic E-state index is -0.380. The summed E-state index contributed by atoms with van der Waals surface area (Å²) in [6.45, 7) is 3.95. The molecule has 1 aromatic rings. The van der Waals surface area contributed by atoms with E-state index < -0.39 is 0 Å². The van der Waals surface area contributed by atoms with Gasteiger partial charge in [-0.1, -0.05) is 23.2 Å². The fourth-order valence-electron chi connectivity index (χ4n) is 1.54. The zero-order valence-electron chi connectivity index (χ0n) is 7.78. The van der Waals surface area contributed by atoms with E-state index in [9.17, 15) is 4.79 Å². The van der Waals surface area contributed by atoms with Gasteiger partial charge in [-0.05, 0) is 25.0 Å². The molecule has 0 saturated heterocycles. The smallest absolute Gasteiger partial charge is 0.340 e. The van der Waals surface area contributed by atoms with Crippen molar-refractivity contribution >= 4 is 29.2 Å². The molecule has 14 heavy (non-hydrogen) atoms. The second-order valence-corrected chi connectivity index (χ2v) is 4.06. The monoisotopic (exact) mass is 230 g/mol. The zero-order valence-corrected chi connectivity index (χ0v) is 9.29. The lowest BCUT2D eigenvalue weighted by Gasteiger charge is -2.09. The maximum atomic E-state index is 11.3. The van der Waals surface area contributed by atoms with Crippen molar-refractivity contribution in [2.24, 2.45) is 0 Å². The van der Waals surface area contributed by atoms with Crippen LogP contribution in [-0.2, 0) is 11.3 Å². The normalized spacial score (nSPS) is 14.1. The largest absolute Gasteiger partial charge is 0.457 e. The Morgan fingerprint density at radius 3 is 2.36 bits per heavy atom. The van der Waals surface area contributed by atoms with Crippen molar-refractivity contribution in [2.75, 3.05) is 0 Å². The molecule has 4 heteroatoms. The molecule has 0 bridgehead atoms. The van der Waals surface area contributed by atoms with Gasteiger partial charge in [-0.25, -0.2) is 4.79 Å². The van der Waals surface area contributed by atoms with Gasteiger partial charge < -0.3 is 4.74 Å². The number of hydrogen-bond donors (Lipinski definition) is 0. The van der Waals surface area contributed by atoms with E-state index in [1.54, 1.807) is 0 Å². The number of carbonyl (C=O) groups excluding carboxylic acids is 1. The Labute approximate surface area is 91.8 Å². The summed E-state index contributed by atoms with van der Waals surface area (Å²) in [5.41, 5.74) is 2.90. The fourth-order valence-corrected chi connectivity index (χ4v) is 2.17. The molecule has 0 fully saturated rings. The number of ether oxygens (including phenoxy) is 1. The molecular formula is C10H8Cl2O2. The van der Waals surface area contributed by atoms with Crippen molar-refractivity contribution in [3.8, 4) is 0 Å². The lowest BCUT2D eigenvalue weighted by Crippen LogP contribution is -1.98. The van der Waals surface area contributed by atoms with Crippen LogP contribution >= 0.6 is 23.2 Å². The molecule has 1 aliphatic rings. The third-order valence-corrected chi connectivity index (χ3v) is 3.54. The predicted octanol–water partition coefficient (Wildman–Crippen LogP) is 3.28. The van der Waals surface area contributed by atoms with Crippen molar-refractivity contribution in [3.05, 3.63) is 32.3 Å². The van der Waals surface area contributed by atoms with Crippen molar-refractivity contribution in [1.29, 1.82) is 0 Å². The van der Waals surface area contributed by atoms with Crippen LogP contribution in [0.15, 0.2) is 0 Å². The van der Waals surface area contributed by atoms with Crippen LogP contribution in [0, 0.1) is 13.8 Å². The van der Waals surface area contributed by atoms with Crippen LogP contribution in [0.5, 0.6) is 0 Å². The SMILES string of the molecule is Cc1c(C)c(Cl)c2c(c1Cl)COC2=O. The molecule has 1 aromatic carbocycles. The highest BCUT2D eigenvalue weighted by atomic mass is 35.5. The Bertz CT molecular complexity index is 438. The maximum Gasteiger partial charge on any atom is 0.340 e. The van der Waals surface area contributed by atoms with Gasteiger partial charge in [-0.2, -0.15) is 0 Å². The molecule has 0 aliphatic carbocycles. The van der Waals surface area contributed by atoms with E-state index in [0.29, 0.717) is 21.2 Å². The van der Waals surface area contributed by atoms with Crippen molar-refractivity contribution in [3.63, 3.8) is 0 Å². The average molecular weight is 231 g/mol. The van der Waals surface area contributed by atoms with Crippen LogP contribution in [0.4, 0.5) is 0 Å². The van der Waals surface area contributed by atoms with Crippen molar-refractivity contribution in [1.82, 2.24) is 0 Å². The number of cyclic esters (lactones) is 1. The van der Waals surface area contributed by atoms with Crippen molar-refractivity contribution < 1.29 is 9.53 Å². The Morgan fingerprint density at radius 1 is 1.14 bits per heavy atom. The van der Waals surface area contributed by atoms with Gasteiger partial charge >= 0.3 is 5.97 Å². The summed E-state index contributed by atoms with van der Waals surface area (Å²) in [6.07, 6.45) is 0. The molecule has 0 spiro atoms. The summed E-state index contributed by atoms with van der Waals surface area (Å²) < 4.78 is 4.89. The van der Waals surface area contributed by atoms with E-state index in [-0.39, 0.29) is 12.6 Å². The summed E-state index contributed by atoms with van der Waals surface area (Å²) in [6, 6.07) is 0. The van der Waals surface area contributed by atoms with E-state index in [1.807, 2.05) is 13.8 Å². The number of halogens is 2. The second-order valence-electron chi connectivity index (χ2n) is 3.31. The molecule has 0 unspecified atom stereocenters. The molecule has 0 saturated carbocycles. The first kappa shape index (κ1) is 9.81. The number of hydrogen-bond acceptors (Lipinski definition) is 2. The van der Waals surface area contributed by atoms with Crippen LogP contribution in [0.2, 0.25) is 10.0 Å². The molecule has 2 rings (SSSR count). The summed E-state index contributed by atoms with van der Waals surface area (Å²) >= 11 is 12.1. The van der Waals surface area contributed by atoms with Gasteiger partial charge in [-0.15, -0.1) is 0 Å². The molecule has 0 aromatic heterocycles. The van der Waals surface area contributed by atoms with Crippen LogP contribution in [0.1, 0.15) is 27.0 Å². The Kier molecular flexibility index (Phi) is 2.20. The second kappa shape index (κ2) is 3.14. The van der Waals surface area contributed by atoms with E-state index in [0.717, 1.165) is 11.1 Å². The van der Waals surface area contributed by atoms with Gasteiger partial charge in [0.1, 0.15) is 6.61 Å². The number of carbonyl (C=O) groups is 1. The molecule has 0 atom stereocenters. The first-order valence-electron chi connectivity index (χ1n) is 4.18. The van der Waals surface area contributed by atoms with Gasteiger partial charge in [0.2, 0.25) is 0 Å². The first-order chi connectivity index (χ1) is 6.54. The van der Waals surface area contributed by atoms with Gasteiger partial charge in [0, 0.05) is 5.56 Å². The molecular weight excluding hydrogens is 223 g/mol. The summed E-state index contributed by atoms with van der Waals surface area (Å²) in [7, 11) is 0. The molecule has 2 nitrogen and oxygen atoms in total. The summed E-state index contributed by atoms with van der Waals surface area (Å²) in [5, 5.41) is 1.05. The summed E-state index contributed by atoms with van der Waals surface area (Å²) in [5.74, 6) is -0.380. The van der Waals surface area contributed by atoms with Crippen molar-refractivity contribution in [2.45, 2.75) is 20.5 Å². The van der Waals surface area contributed by atoms with Gasteiger partial charge in [-0.3, -0.25) is 0 Å². The Morgan fingerprint density at radius 2 is 1.71 bits per heavy atom. The zero-order chi connectivity index (χ0) is 10.5. The molecule has 74 valence electrons. The number of benzene rings is 1. The minimum Gasteiger partial charge on any atom is -0.457 e. The van der Waals surface area contributed by atoms with Crippen LogP contribution in [0.25, 0.3) is 0 Å². The molecule has 0 amide bonds. The third-order valence-electron chi connectivity index (χ3n) is 2.56. The number of rotatable bonds is 0. The van der Waals surface area contributed by atoms with Crippen LogP contribution in [-0.4, -0.2) is 5.97 Å². The molecule has 0 N–H and O–H groups in total. The summed E-state index contributed by atoms with van der Waals surface area (Å²) in [4.78, 5) is 11.3. The molecule has 1 heterocycles. The Balaban J connectivity index is 2.84. The topological polar surface area (TPSA) is 26.3 Å². The Hall–Kier alpha value is -0.730. The van der Waals surface area contributed by atoms with E-state index in [4.69, 9.17) is 27.9 Å². The first-order valence-corrected chi connectivity index (χ1v) is 4.93. The lowest BCUT2D eigenvalue weighted by molar-refractivity contribution is 0.0535. The van der Waals surface area contributed by atoms with E-state index in [2.05, 4.69) is 0 Å². The molecule has 1 aliphatic heterocycles. The lowest BCUT2D eigenvalue weighted by atomic mass is 10.0. The maximum absolute atomic E-state index is 11.3. The highest BCUT2D eigenvalue weighted by Crippen LogP contribution is 2.38. The van der Waals surface area contributed by atoms with Gasteiger partial charge in [0.25, 0.3) is 0 Å². The number of fused-ring (bicyclic) bond motifs is 1. The van der Waals surface area contributed by atoms with Gasteiger partial charge in [0.05, 0.1) is 15.6 Å². The predicted molar refractivity (Wildman–Crippen MR) is 55.1 cm³/mol. The van der Waals surface area contributed by atoms with E-state index >= 15 is 0 Å². The molecule has 0 radical (unpaired) electrons. The fraction of sp³-hybridized carbons (Fsp3) is 0.300. The highest BCUT2D eigenvalue weighted by Gasteiger charge is 2.29. The average Bonchev–Trinajstić information content (AvgIpc) is 2.54. The van der Waals surface area contributed by atoms with Crippen LogP contribution in [0.3, 0.4) is 0 Å². The van der Waals surface area contributed by atoms with Gasteiger partial charge in [0.15, 0.2) is 0 Å². The standard InChI is InChI=1S/C10H8Cl2O2/c1-4-5(2)9(12)7-6(8(4)11)3-14-10(7)13/h3H2,1-2H3. The minimum absolute atomic E-state index is 0.230. The third kappa shape index (κ3) is 1.14. The quantitative estimate of drug-likeness (QED) is 0.640. The highest BCUT2D eigenvalue weighted by molar-refractivity contribution is 6.37. The number of esters is 1. The van der Waals surface area contributed by atoms with Crippen LogP contribution < -0.4 is 0 Å². The van der Waals surface area contributed by atoms with E-state index in [1.165, 1.54) is 0 Å².